The van der Waals surface area contributed by atoms with E-state index >= 15 is 0 Å². The van der Waals surface area contributed by atoms with Crippen LogP contribution in [0.1, 0.15) is 223 Å². The second-order valence-corrected chi connectivity index (χ2v) is 27.8. The van der Waals surface area contributed by atoms with Crippen LogP contribution in [0.15, 0.2) is 60.7 Å². The SMILES string of the molecule is CCCOc1nc(N2CCC[C@@H](CC(=O)O)C2)ccc1C(=O)NC1CCCCC1.O=C(O)C[C@@H]1CCCN(c2ccc(C(=O)NC3CCCCC3)c(N3CCCCC3)n2)C1.O=C(O)C[C@@H]1CCCN(c2ccc(C(=O)NC3CCCCC3)c(NCCc3ccc(Cl)cc3)n2)C1. The highest BCUT2D eigenvalue weighted by atomic mass is 35.5. The van der Waals surface area contributed by atoms with E-state index in [-0.39, 0.29) is 72.9 Å². The van der Waals surface area contributed by atoms with Gasteiger partial charge in [0.2, 0.25) is 5.88 Å². The molecule has 21 nitrogen and oxygen atoms in total. The quantitative estimate of drug-likeness (QED) is 0.0364. The molecule has 7 fully saturated rings. The van der Waals surface area contributed by atoms with Gasteiger partial charge in [-0.25, -0.2) is 9.97 Å². The highest BCUT2D eigenvalue weighted by molar-refractivity contribution is 6.30. The fraction of sp³-hybridized carbons (Fsp3) is 0.630. The Hall–Kier alpha value is -7.42. The number of rotatable bonds is 23. The normalized spacial score (nSPS) is 20.6. The van der Waals surface area contributed by atoms with Gasteiger partial charge in [-0.1, -0.05) is 88.4 Å². The van der Waals surface area contributed by atoms with Crippen molar-refractivity contribution >= 4 is 76.3 Å². The van der Waals surface area contributed by atoms with Crippen LogP contribution in [-0.4, -0.2) is 150 Å². The Balaban J connectivity index is 0.000000168. The molecule has 11 rings (SSSR count). The van der Waals surface area contributed by atoms with E-state index in [1.165, 1.54) is 38.5 Å². The van der Waals surface area contributed by atoms with Gasteiger partial charge in [0.25, 0.3) is 17.7 Å². The van der Waals surface area contributed by atoms with Gasteiger partial charge in [-0.3, -0.25) is 28.8 Å². The van der Waals surface area contributed by atoms with E-state index in [0.717, 1.165) is 190 Å². The maximum atomic E-state index is 13.2. The van der Waals surface area contributed by atoms with E-state index in [4.69, 9.17) is 31.4 Å². The Kier molecular flexibility index (Phi) is 28.1. The molecule has 3 atom stereocenters. The van der Waals surface area contributed by atoms with E-state index in [9.17, 15) is 39.0 Å². The van der Waals surface area contributed by atoms with Crippen LogP contribution < -0.4 is 45.6 Å². The number of nitrogens with zero attached hydrogens (tertiary/aromatic N) is 7. The van der Waals surface area contributed by atoms with Crippen LogP contribution in [0.25, 0.3) is 0 Å². The molecule has 7 aliphatic rings. The highest BCUT2D eigenvalue weighted by Crippen LogP contribution is 2.33. The topological polar surface area (TPSA) is 272 Å². The van der Waals surface area contributed by atoms with Crippen LogP contribution >= 0.6 is 11.6 Å². The van der Waals surface area contributed by atoms with Crippen molar-refractivity contribution in [3.8, 4) is 5.88 Å². The molecule has 0 unspecified atom stereocenters. The van der Waals surface area contributed by atoms with Crippen LogP contribution in [0, 0.1) is 17.8 Å². The first-order valence-electron chi connectivity index (χ1n) is 35.9. The summed E-state index contributed by atoms with van der Waals surface area (Å²) in [7, 11) is 0. The Bertz CT molecular complexity index is 3130. The maximum Gasteiger partial charge on any atom is 0.303 e. The lowest BCUT2D eigenvalue weighted by atomic mass is 9.94. The molecule has 95 heavy (non-hydrogen) atoms. The van der Waals surface area contributed by atoms with Crippen LogP contribution in [0.4, 0.5) is 29.1 Å². The molecule has 1 aromatic carbocycles. The summed E-state index contributed by atoms with van der Waals surface area (Å²) in [5.41, 5.74) is 2.86. The average Bonchev–Trinajstić information content (AvgIpc) is 0.873. The predicted molar refractivity (Wildman–Crippen MR) is 373 cm³/mol. The predicted octanol–water partition coefficient (Wildman–Crippen LogP) is 12.6. The molecule has 3 aliphatic carbocycles. The van der Waals surface area contributed by atoms with Crippen LogP contribution in [0.3, 0.4) is 0 Å². The number of hydrogen-bond donors (Lipinski definition) is 7. The Morgan fingerprint density at radius 2 is 0.863 bits per heavy atom. The fourth-order valence-electron chi connectivity index (χ4n) is 14.7. The van der Waals surface area contributed by atoms with Crippen LogP contribution in [0.5, 0.6) is 5.88 Å². The number of hydrogen-bond acceptors (Lipinski definition) is 15. The molecule has 22 heteroatoms. The number of carbonyl (C=O) groups excluding carboxylic acids is 3. The van der Waals surface area contributed by atoms with Crippen LogP contribution in [-0.2, 0) is 20.8 Å². The standard InChI is InChI=1S/C27H35ClN4O3.C24H36N4O3.C22H33N3O4/c28-21-10-8-19(9-11-21)14-15-29-26-23(27(35)30-22-6-2-1-3-7-22)12-13-24(31-26)32-16-4-5-20(18-32)17-25(33)34;29-22(30)16-18-8-7-15-28(17-18)21-12-11-20(23(26-21)27-13-5-2-6-14-27)24(31)25-19-9-3-1-4-10-19;1-2-13-29-22-18(21(28)23-17-8-4-3-5-9-17)10-11-19(24-22)25-12-6-7-16(15-25)14-20(26)27/h8-13,20,22H,1-7,14-18H2,(H,29,31)(H,30,35)(H,33,34);11-12,18-19H,1-10,13-17H2,(H,25,31)(H,29,30);10-11,16-17H,2-9,12-15H2,1H3,(H,23,28)(H,26,27)/t20-;18-;16-/m000/s1. The number of ether oxygens (including phenoxy) is 1. The summed E-state index contributed by atoms with van der Waals surface area (Å²) in [4.78, 5) is 95.9. The molecule has 4 saturated heterocycles. The number of carboxylic acid groups (broad SMARTS) is 3. The van der Waals surface area contributed by atoms with Gasteiger partial charge >= 0.3 is 17.9 Å². The Morgan fingerprint density at radius 1 is 0.463 bits per heavy atom. The molecule has 0 radical (unpaired) electrons. The minimum atomic E-state index is -0.760. The molecule has 3 amide bonds. The minimum Gasteiger partial charge on any atom is -0.481 e. The zero-order valence-corrected chi connectivity index (χ0v) is 56.8. The lowest BCUT2D eigenvalue weighted by molar-refractivity contribution is -0.139. The van der Waals surface area contributed by atoms with Crippen molar-refractivity contribution in [3.63, 3.8) is 0 Å². The van der Waals surface area contributed by atoms with E-state index < -0.39 is 17.9 Å². The lowest BCUT2D eigenvalue weighted by Gasteiger charge is -2.35. The highest BCUT2D eigenvalue weighted by Gasteiger charge is 2.31. The van der Waals surface area contributed by atoms with Crippen molar-refractivity contribution in [2.75, 3.05) is 90.4 Å². The summed E-state index contributed by atoms with van der Waals surface area (Å²) in [6.07, 6.45) is 28.2. The van der Waals surface area contributed by atoms with Crippen molar-refractivity contribution in [2.45, 2.75) is 211 Å². The number of pyridine rings is 3. The Labute approximate surface area is 566 Å². The number of amides is 3. The molecule has 3 saturated carbocycles. The molecule has 4 aliphatic heterocycles. The molecule has 3 aromatic heterocycles. The van der Waals surface area contributed by atoms with Crippen molar-refractivity contribution in [1.29, 1.82) is 0 Å². The van der Waals surface area contributed by atoms with Gasteiger partial charge in [0, 0.05) is 101 Å². The maximum absolute atomic E-state index is 13.2. The fourth-order valence-corrected chi connectivity index (χ4v) is 14.9. The summed E-state index contributed by atoms with van der Waals surface area (Å²) in [6, 6.07) is 19.8. The molecule has 7 heterocycles. The summed E-state index contributed by atoms with van der Waals surface area (Å²) >= 11 is 6.00. The molecule has 0 bridgehead atoms. The van der Waals surface area contributed by atoms with Gasteiger partial charge < -0.3 is 60.9 Å². The van der Waals surface area contributed by atoms with E-state index in [1.54, 1.807) is 6.07 Å². The molecular formula is C73H104ClN11O10. The molecule has 0 spiro atoms. The van der Waals surface area contributed by atoms with Gasteiger partial charge in [-0.15, -0.1) is 0 Å². The summed E-state index contributed by atoms with van der Waals surface area (Å²) in [6.45, 7) is 9.62. The van der Waals surface area contributed by atoms with Crippen molar-refractivity contribution < 1.29 is 48.8 Å². The summed E-state index contributed by atoms with van der Waals surface area (Å²) in [5, 5.41) is 41.2. The number of carboxylic acids is 3. The number of carbonyl (C=O) groups is 6. The molecule has 4 aromatic rings. The van der Waals surface area contributed by atoms with Crippen molar-refractivity contribution in [2.24, 2.45) is 17.8 Å². The van der Waals surface area contributed by atoms with Crippen molar-refractivity contribution in [1.82, 2.24) is 30.9 Å². The summed E-state index contributed by atoms with van der Waals surface area (Å²) in [5.74, 6) is 2.06. The second kappa shape index (κ2) is 37.2. The van der Waals surface area contributed by atoms with Gasteiger partial charge in [-0.05, 0) is 181 Å². The second-order valence-electron chi connectivity index (χ2n) is 27.4. The number of aliphatic carboxylic acids is 3. The Morgan fingerprint density at radius 3 is 1.33 bits per heavy atom. The van der Waals surface area contributed by atoms with Gasteiger partial charge in [0.1, 0.15) is 34.7 Å². The molecule has 518 valence electrons. The lowest BCUT2D eigenvalue weighted by Crippen LogP contribution is -2.39. The van der Waals surface area contributed by atoms with Crippen LogP contribution in [0.2, 0.25) is 5.02 Å². The number of nitrogens with one attached hydrogen (secondary N) is 4. The van der Waals surface area contributed by atoms with Gasteiger partial charge in [-0.2, -0.15) is 4.98 Å². The summed E-state index contributed by atoms with van der Waals surface area (Å²) < 4.78 is 5.83. The van der Waals surface area contributed by atoms with E-state index in [0.29, 0.717) is 66.2 Å². The third kappa shape index (κ3) is 22.6. The number of benzene rings is 1. The van der Waals surface area contributed by atoms with Gasteiger partial charge in [0.15, 0.2) is 0 Å². The third-order valence-electron chi connectivity index (χ3n) is 19.8. The first-order valence-corrected chi connectivity index (χ1v) is 36.2. The first kappa shape index (κ1) is 71.9. The zero-order chi connectivity index (χ0) is 66.9. The number of piperidine rings is 4. The molecule has 7 N–H and O–H groups in total. The first-order chi connectivity index (χ1) is 46.1. The number of anilines is 5. The number of aromatic nitrogens is 3. The number of halogens is 1. The zero-order valence-electron chi connectivity index (χ0n) is 56.0. The third-order valence-corrected chi connectivity index (χ3v) is 20.0. The van der Waals surface area contributed by atoms with E-state index in [1.807, 2.05) is 61.5 Å². The monoisotopic (exact) mass is 1330 g/mol. The van der Waals surface area contributed by atoms with Gasteiger partial charge in [0.05, 0.1) is 17.7 Å². The minimum absolute atomic E-state index is 0.00563. The van der Waals surface area contributed by atoms with E-state index in [2.05, 4.69) is 45.9 Å². The average molecular weight is 1330 g/mol. The van der Waals surface area contributed by atoms with Crippen molar-refractivity contribution in [3.05, 3.63) is 87.9 Å². The largest absolute Gasteiger partial charge is 0.481 e. The smallest absolute Gasteiger partial charge is 0.303 e. The molecular weight excluding hydrogens is 1230 g/mol.